The van der Waals surface area contributed by atoms with E-state index in [0.717, 1.165) is 15.6 Å². The molecule has 0 amide bonds. The first kappa shape index (κ1) is 12.5. The van der Waals surface area contributed by atoms with E-state index in [-0.39, 0.29) is 0 Å². The summed E-state index contributed by atoms with van der Waals surface area (Å²) < 4.78 is 5.69. The third-order valence-electron chi connectivity index (χ3n) is 2.61. The van der Waals surface area contributed by atoms with Gasteiger partial charge in [0.2, 0.25) is 0 Å². The lowest BCUT2D eigenvalue weighted by molar-refractivity contribution is 0.310. The summed E-state index contributed by atoms with van der Waals surface area (Å²) in [5.41, 5.74) is 1.33. The van der Waals surface area contributed by atoms with Crippen LogP contribution in [0.3, 0.4) is 0 Å². The minimum atomic E-state index is 0.539. The van der Waals surface area contributed by atoms with E-state index in [1.54, 1.807) is 11.3 Å². The molecule has 90 valence electrons. The van der Waals surface area contributed by atoms with Gasteiger partial charge in [-0.05, 0) is 35.1 Å². The Kier molecular flexibility index (Phi) is 4.08. The van der Waals surface area contributed by atoms with Crippen LogP contribution in [0.2, 0.25) is 5.02 Å². The maximum absolute atomic E-state index is 6.00. The zero-order chi connectivity index (χ0) is 12.3. The number of benzene rings is 1. The van der Waals surface area contributed by atoms with Crippen LogP contribution in [0.25, 0.3) is 0 Å². The Balaban J connectivity index is 1.98. The lowest BCUT2D eigenvalue weighted by Crippen LogP contribution is -1.94. The summed E-state index contributed by atoms with van der Waals surface area (Å²) in [5, 5.41) is 2.76. The lowest BCUT2D eigenvalue weighted by Gasteiger charge is -2.08. The van der Waals surface area contributed by atoms with Gasteiger partial charge in [0, 0.05) is 0 Å². The Morgan fingerprint density at radius 2 is 1.88 bits per heavy atom. The third kappa shape index (κ3) is 3.24. The van der Waals surface area contributed by atoms with Gasteiger partial charge in [-0.2, -0.15) is 0 Å². The van der Waals surface area contributed by atoms with Crippen LogP contribution in [0.15, 0.2) is 35.7 Å². The Morgan fingerprint density at radius 3 is 2.41 bits per heavy atom. The average Bonchev–Trinajstić information content (AvgIpc) is 2.73. The molecule has 2 rings (SSSR count). The van der Waals surface area contributed by atoms with Crippen molar-refractivity contribution in [3.63, 3.8) is 0 Å². The van der Waals surface area contributed by atoms with Gasteiger partial charge in [0.1, 0.15) is 12.4 Å². The molecule has 1 heterocycles. The Morgan fingerprint density at radius 1 is 1.18 bits per heavy atom. The van der Waals surface area contributed by atoms with Crippen LogP contribution in [0, 0.1) is 0 Å². The molecule has 0 bridgehead atoms. The second-order valence-electron chi connectivity index (χ2n) is 4.20. The molecule has 0 N–H and O–H groups in total. The highest BCUT2D eigenvalue weighted by molar-refractivity contribution is 7.10. The van der Waals surface area contributed by atoms with Crippen molar-refractivity contribution in [2.75, 3.05) is 0 Å². The second-order valence-corrected chi connectivity index (χ2v) is 5.61. The molecule has 0 fully saturated rings. The molecule has 3 heteroatoms. The Labute approximate surface area is 111 Å². The molecule has 1 nitrogen and oxygen atoms in total. The van der Waals surface area contributed by atoms with Gasteiger partial charge >= 0.3 is 0 Å². The van der Waals surface area contributed by atoms with Crippen LogP contribution in [0.5, 0.6) is 5.75 Å². The lowest BCUT2D eigenvalue weighted by atomic mass is 10.0. The zero-order valence-corrected chi connectivity index (χ0v) is 11.5. The zero-order valence-electron chi connectivity index (χ0n) is 9.94. The summed E-state index contributed by atoms with van der Waals surface area (Å²) in [5.74, 6) is 1.44. The van der Waals surface area contributed by atoms with Crippen LogP contribution in [-0.2, 0) is 6.61 Å². The van der Waals surface area contributed by atoms with Crippen molar-refractivity contribution >= 4 is 22.9 Å². The summed E-state index contributed by atoms with van der Waals surface area (Å²) in [7, 11) is 0. The number of thiophene rings is 1. The number of hydrogen-bond donors (Lipinski definition) is 0. The molecule has 2 aromatic rings. The van der Waals surface area contributed by atoms with Crippen molar-refractivity contribution in [2.24, 2.45) is 0 Å². The van der Waals surface area contributed by atoms with Crippen molar-refractivity contribution in [1.29, 1.82) is 0 Å². The number of ether oxygens (including phenoxy) is 1. The highest BCUT2D eigenvalue weighted by atomic mass is 35.5. The quantitative estimate of drug-likeness (QED) is 0.748. The van der Waals surface area contributed by atoms with E-state index in [1.165, 1.54) is 5.56 Å². The van der Waals surface area contributed by atoms with Crippen LogP contribution in [0.4, 0.5) is 0 Å². The molecule has 0 unspecified atom stereocenters. The van der Waals surface area contributed by atoms with Gasteiger partial charge in [0.25, 0.3) is 0 Å². The normalized spacial score (nSPS) is 10.8. The van der Waals surface area contributed by atoms with Gasteiger partial charge in [-0.1, -0.05) is 37.6 Å². The van der Waals surface area contributed by atoms with Gasteiger partial charge in [-0.15, -0.1) is 11.3 Å². The molecule has 0 atom stereocenters. The van der Waals surface area contributed by atoms with Gasteiger partial charge in [0.05, 0.1) is 9.90 Å². The maximum atomic E-state index is 6.00. The monoisotopic (exact) mass is 266 g/mol. The summed E-state index contributed by atoms with van der Waals surface area (Å²) >= 11 is 7.62. The van der Waals surface area contributed by atoms with E-state index in [1.807, 2.05) is 23.6 Å². The summed E-state index contributed by atoms with van der Waals surface area (Å²) in [6.45, 7) is 4.90. The van der Waals surface area contributed by atoms with E-state index >= 15 is 0 Å². The molecule has 0 aliphatic carbocycles. The average molecular weight is 267 g/mol. The smallest absolute Gasteiger partial charge is 0.124 e. The predicted molar refractivity (Wildman–Crippen MR) is 74.2 cm³/mol. The van der Waals surface area contributed by atoms with Crippen LogP contribution in [-0.4, -0.2) is 0 Å². The molecule has 0 radical (unpaired) electrons. The molecule has 17 heavy (non-hydrogen) atoms. The van der Waals surface area contributed by atoms with Gasteiger partial charge in [0.15, 0.2) is 0 Å². The highest BCUT2D eigenvalue weighted by Gasteiger charge is 2.03. The standard InChI is InChI=1S/C14H15ClOS/c1-10(2)11-3-5-12(6-4-11)16-9-14-13(15)7-8-17-14/h3-8,10H,9H2,1-2H3. The fourth-order valence-electron chi connectivity index (χ4n) is 1.53. The molecule has 0 saturated heterocycles. The van der Waals surface area contributed by atoms with E-state index in [9.17, 15) is 0 Å². The van der Waals surface area contributed by atoms with Crippen LogP contribution in [0.1, 0.15) is 30.2 Å². The predicted octanol–water partition coefficient (Wildman–Crippen LogP) is 5.10. The van der Waals surface area contributed by atoms with Crippen molar-refractivity contribution in [1.82, 2.24) is 0 Å². The topological polar surface area (TPSA) is 9.23 Å². The summed E-state index contributed by atoms with van der Waals surface area (Å²) in [4.78, 5) is 1.07. The van der Waals surface area contributed by atoms with Crippen molar-refractivity contribution < 1.29 is 4.74 Å². The van der Waals surface area contributed by atoms with E-state index < -0.39 is 0 Å². The first-order valence-electron chi connectivity index (χ1n) is 5.61. The van der Waals surface area contributed by atoms with Crippen molar-refractivity contribution in [2.45, 2.75) is 26.4 Å². The first-order valence-corrected chi connectivity index (χ1v) is 6.87. The van der Waals surface area contributed by atoms with Crippen molar-refractivity contribution in [3.05, 3.63) is 51.2 Å². The molecular weight excluding hydrogens is 252 g/mol. The summed E-state index contributed by atoms with van der Waals surface area (Å²) in [6, 6.07) is 10.1. The van der Waals surface area contributed by atoms with Crippen LogP contribution < -0.4 is 4.74 Å². The van der Waals surface area contributed by atoms with Crippen molar-refractivity contribution in [3.8, 4) is 5.75 Å². The maximum Gasteiger partial charge on any atom is 0.124 e. The molecule has 0 spiro atoms. The minimum Gasteiger partial charge on any atom is -0.488 e. The molecule has 0 aliphatic heterocycles. The molecule has 0 aliphatic rings. The van der Waals surface area contributed by atoms with E-state index in [0.29, 0.717) is 12.5 Å². The molecular formula is C14H15ClOS. The van der Waals surface area contributed by atoms with Gasteiger partial charge in [-0.25, -0.2) is 0 Å². The Bertz CT molecular complexity index is 473. The summed E-state index contributed by atoms with van der Waals surface area (Å²) in [6.07, 6.45) is 0. The SMILES string of the molecule is CC(C)c1ccc(OCc2sccc2Cl)cc1. The van der Waals surface area contributed by atoms with Crippen LogP contribution >= 0.6 is 22.9 Å². The molecule has 1 aromatic carbocycles. The third-order valence-corrected chi connectivity index (χ3v) is 3.97. The van der Waals surface area contributed by atoms with E-state index in [2.05, 4.69) is 26.0 Å². The minimum absolute atomic E-state index is 0.539. The second kappa shape index (κ2) is 5.56. The number of halogens is 1. The van der Waals surface area contributed by atoms with Gasteiger partial charge in [-0.3, -0.25) is 0 Å². The van der Waals surface area contributed by atoms with Gasteiger partial charge < -0.3 is 4.74 Å². The number of hydrogen-bond acceptors (Lipinski definition) is 2. The molecule has 0 saturated carbocycles. The highest BCUT2D eigenvalue weighted by Crippen LogP contribution is 2.24. The number of rotatable bonds is 4. The fourth-order valence-corrected chi connectivity index (χ4v) is 2.53. The fraction of sp³-hybridized carbons (Fsp3) is 0.286. The largest absolute Gasteiger partial charge is 0.488 e. The van der Waals surface area contributed by atoms with E-state index in [4.69, 9.17) is 16.3 Å². The first-order chi connectivity index (χ1) is 8.16. The molecule has 1 aromatic heterocycles. The Hall–Kier alpha value is -0.990.